The van der Waals surface area contributed by atoms with Crippen LogP contribution in [-0.4, -0.2) is 18.0 Å². The lowest BCUT2D eigenvalue weighted by atomic mass is 10.2. The van der Waals surface area contributed by atoms with Gasteiger partial charge in [0, 0.05) is 10.6 Å². The number of anilines is 1. The van der Waals surface area contributed by atoms with Gasteiger partial charge in [0.2, 0.25) is 0 Å². The molecule has 1 N–H and O–H groups in total. The van der Waals surface area contributed by atoms with Gasteiger partial charge in [-0.05, 0) is 58.4 Å². The number of para-hydroxylation sites is 2. The van der Waals surface area contributed by atoms with E-state index in [-0.39, 0.29) is 5.91 Å². The van der Waals surface area contributed by atoms with Crippen molar-refractivity contribution in [1.82, 2.24) is 4.98 Å². The number of fused-ring (bicyclic) bond motifs is 1. The van der Waals surface area contributed by atoms with Gasteiger partial charge < -0.3 is 10.1 Å². The Labute approximate surface area is 189 Å². The van der Waals surface area contributed by atoms with Crippen LogP contribution in [0.5, 0.6) is 5.75 Å². The molecule has 0 bridgehead atoms. The average Bonchev–Trinajstić information content (AvgIpc) is 3.12. The van der Waals surface area contributed by atoms with Crippen molar-refractivity contribution >= 4 is 72.4 Å². The summed E-state index contributed by atoms with van der Waals surface area (Å²) in [5.41, 5.74) is 2.02. The minimum atomic E-state index is -0.272. The van der Waals surface area contributed by atoms with Crippen molar-refractivity contribution in [2.24, 2.45) is 0 Å². The number of thiazole rings is 1. The van der Waals surface area contributed by atoms with E-state index >= 15 is 0 Å². The molecule has 4 rings (SSSR count). The Morgan fingerprint density at radius 1 is 1.17 bits per heavy atom. The molecule has 0 atom stereocenters. The first-order chi connectivity index (χ1) is 14.0. The summed E-state index contributed by atoms with van der Waals surface area (Å²) in [6.45, 7) is 0. The van der Waals surface area contributed by atoms with Crippen LogP contribution in [0, 0.1) is 0 Å². The molecule has 4 nitrogen and oxygen atoms in total. The topological polar surface area (TPSA) is 51.2 Å². The molecule has 0 aliphatic carbocycles. The van der Waals surface area contributed by atoms with Gasteiger partial charge in [-0.1, -0.05) is 41.6 Å². The lowest BCUT2D eigenvalue weighted by molar-refractivity contribution is 0.102. The van der Waals surface area contributed by atoms with Crippen molar-refractivity contribution in [1.29, 1.82) is 0 Å². The lowest BCUT2D eigenvalue weighted by Crippen LogP contribution is -2.13. The number of methoxy groups -OCH3 is 1. The zero-order chi connectivity index (χ0) is 20.4. The summed E-state index contributed by atoms with van der Waals surface area (Å²) in [6, 6.07) is 18.8. The van der Waals surface area contributed by atoms with E-state index < -0.39 is 0 Å². The number of hydrogen-bond donors (Lipinski definition) is 1. The molecule has 0 fully saturated rings. The van der Waals surface area contributed by atoms with Crippen LogP contribution in [0.2, 0.25) is 5.02 Å². The first kappa shape index (κ1) is 20.2. The summed E-state index contributed by atoms with van der Waals surface area (Å²) in [5.74, 6) is 0.213. The fourth-order valence-corrected chi connectivity index (χ4v) is 5.59. The molecule has 0 saturated carbocycles. The maximum absolute atomic E-state index is 12.7. The lowest BCUT2D eigenvalue weighted by Gasteiger charge is -2.11. The van der Waals surface area contributed by atoms with E-state index in [9.17, 15) is 4.79 Å². The van der Waals surface area contributed by atoms with Gasteiger partial charge in [0.1, 0.15) is 5.75 Å². The monoisotopic (exact) mass is 504 g/mol. The minimum absolute atomic E-state index is 0.272. The molecule has 29 heavy (non-hydrogen) atoms. The quantitative estimate of drug-likeness (QED) is 0.314. The third kappa shape index (κ3) is 4.43. The molecule has 3 aromatic carbocycles. The number of amides is 1. The normalized spacial score (nSPS) is 10.9. The smallest absolute Gasteiger partial charge is 0.259 e. The number of carbonyl (C=O) groups excluding carboxylic acids is 1. The Morgan fingerprint density at radius 3 is 2.76 bits per heavy atom. The van der Waals surface area contributed by atoms with E-state index in [4.69, 9.17) is 16.3 Å². The van der Waals surface area contributed by atoms with Gasteiger partial charge in [0.25, 0.3) is 5.91 Å². The Kier molecular flexibility index (Phi) is 6.10. The highest BCUT2D eigenvalue weighted by Crippen LogP contribution is 2.38. The predicted molar refractivity (Wildman–Crippen MR) is 124 cm³/mol. The summed E-state index contributed by atoms with van der Waals surface area (Å²) in [4.78, 5) is 18.2. The molecule has 146 valence electrons. The zero-order valence-corrected chi connectivity index (χ0v) is 19.1. The van der Waals surface area contributed by atoms with Crippen molar-refractivity contribution in [2.45, 2.75) is 9.24 Å². The van der Waals surface area contributed by atoms with E-state index in [1.807, 2.05) is 42.5 Å². The van der Waals surface area contributed by atoms with E-state index in [2.05, 4.69) is 26.2 Å². The zero-order valence-electron chi connectivity index (χ0n) is 15.1. The molecule has 0 spiro atoms. The molecule has 0 aliphatic heterocycles. The second kappa shape index (κ2) is 8.75. The van der Waals surface area contributed by atoms with E-state index in [0.29, 0.717) is 26.5 Å². The molecule has 1 amide bonds. The molecule has 1 heterocycles. The van der Waals surface area contributed by atoms with Gasteiger partial charge >= 0.3 is 0 Å². The van der Waals surface area contributed by atoms with Gasteiger partial charge in [-0.3, -0.25) is 4.79 Å². The highest BCUT2D eigenvalue weighted by atomic mass is 79.9. The number of rotatable bonds is 5. The van der Waals surface area contributed by atoms with Crippen molar-refractivity contribution in [2.75, 3.05) is 12.4 Å². The number of ether oxygens (including phenoxy) is 1. The number of benzene rings is 3. The van der Waals surface area contributed by atoms with Gasteiger partial charge in [0.05, 0.1) is 32.4 Å². The number of nitrogens with one attached hydrogen (secondary N) is 1. The summed E-state index contributed by atoms with van der Waals surface area (Å²) in [5, 5.41) is 3.42. The Hall–Kier alpha value is -2.06. The summed E-state index contributed by atoms with van der Waals surface area (Å²) < 4.78 is 8.10. The third-order valence-electron chi connectivity index (χ3n) is 4.08. The summed E-state index contributed by atoms with van der Waals surface area (Å²) in [6.07, 6.45) is 0. The van der Waals surface area contributed by atoms with Gasteiger partial charge in [-0.2, -0.15) is 0 Å². The number of nitrogens with zero attached hydrogens (tertiary/aromatic N) is 1. The molecule has 0 saturated heterocycles. The molecule has 1 aromatic heterocycles. The van der Waals surface area contributed by atoms with Crippen LogP contribution in [0.25, 0.3) is 10.2 Å². The predicted octanol–water partition coefficient (Wildman–Crippen LogP) is 7.12. The minimum Gasteiger partial charge on any atom is -0.495 e. The highest BCUT2D eigenvalue weighted by Gasteiger charge is 2.16. The Bertz CT molecular complexity index is 1180. The largest absolute Gasteiger partial charge is 0.495 e. The fraction of sp³-hybridized carbons (Fsp3) is 0.0476. The standard InChI is InChI=1S/C21H14BrClN2O2S2/c1-27-19-13(5-4-6-14(19)22)20(26)24-12-9-10-17(15(23)11-12)28-21-25-16-7-2-3-8-18(16)29-21/h2-11H,1H3,(H,24,26). The van der Waals surface area contributed by atoms with E-state index in [1.165, 1.54) is 18.9 Å². The second-order valence-corrected chi connectivity index (χ2v) is 9.55. The van der Waals surface area contributed by atoms with Crippen LogP contribution < -0.4 is 10.1 Å². The first-order valence-electron chi connectivity index (χ1n) is 8.52. The van der Waals surface area contributed by atoms with Crippen LogP contribution in [0.1, 0.15) is 10.4 Å². The SMILES string of the molecule is COc1c(Br)cccc1C(=O)Nc1ccc(Sc2nc3ccccc3s2)c(Cl)c1. The van der Waals surface area contributed by atoms with Crippen LogP contribution in [0.4, 0.5) is 5.69 Å². The fourth-order valence-electron chi connectivity index (χ4n) is 2.74. The van der Waals surface area contributed by atoms with Crippen LogP contribution >= 0.6 is 50.6 Å². The average molecular weight is 506 g/mol. The van der Waals surface area contributed by atoms with Crippen LogP contribution in [0.3, 0.4) is 0 Å². The third-order valence-corrected chi connectivity index (χ3v) is 7.30. The Balaban J connectivity index is 1.53. The first-order valence-corrected chi connectivity index (χ1v) is 11.3. The van der Waals surface area contributed by atoms with Gasteiger partial charge in [0.15, 0.2) is 4.34 Å². The number of halogens is 2. The molecular weight excluding hydrogens is 492 g/mol. The maximum atomic E-state index is 12.7. The highest BCUT2D eigenvalue weighted by molar-refractivity contribution is 9.10. The molecule has 0 unspecified atom stereocenters. The summed E-state index contributed by atoms with van der Waals surface area (Å²) in [7, 11) is 1.53. The van der Waals surface area contributed by atoms with Crippen molar-refractivity contribution in [3.05, 3.63) is 75.7 Å². The van der Waals surface area contributed by atoms with Crippen LogP contribution in [-0.2, 0) is 0 Å². The number of hydrogen-bond acceptors (Lipinski definition) is 5. The van der Waals surface area contributed by atoms with Crippen molar-refractivity contribution < 1.29 is 9.53 Å². The van der Waals surface area contributed by atoms with Gasteiger partial charge in [-0.15, -0.1) is 11.3 Å². The molecule has 8 heteroatoms. The maximum Gasteiger partial charge on any atom is 0.259 e. The molecule has 0 radical (unpaired) electrons. The van der Waals surface area contributed by atoms with E-state index in [0.717, 1.165) is 19.5 Å². The van der Waals surface area contributed by atoms with E-state index in [1.54, 1.807) is 29.5 Å². The van der Waals surface area contributed by atoms with Gasteiger partial charge in [-0.25, -0.2) is 4.98 Å². The molecule has 4 aromatic rings. The second-order valence-electron chi connectivity index (χ2n) is 5.97. The Morgan fingerprint density at radius 2 is 2.00 bits per heavy atom. The summed E-state index contributed by atoms with van der Waals surface area (Å²) >= 11 is 13.0. The number of carbonyl (C=O) groups is 1. The van der Waals surface area contributed by atoms with Crippen molar-refractivity contribution in [3.63, 3.8) is 0 Å². The van der Waals surface area contributed by atoms with Crippen molar-refractivity contribution in [3.8, 4) is 5.75 Å². The number of aromatic nitrogens is 1. The van der Waals surface area contributed by atoms with Crippen LogP contribution in [0.15, 0.2) is 74.4 Å². The molecule has 0 aliphatic rings. The molecular formula is C21H14BrClN2O2S2.